The van der Waals surface area contributed by atoms with Gasteiger partial charge in [0.05, 0.1) is 5.69 Å². The number of ether oxygens (including phenoxy) is 1. The fourth-order valence-corrected chi connectivity index (χ4v) is 5.29. The first-order valence-corrected chi connectivity index (χ1v) is 11.0. The van der Waals surface area contributed by atoms with Gasteiger partial charge < -0.3 is 14.7 Å². The summed E-state index contributed by atoms with van der Waals surface area (Å²) in [6.45, 7) is 8.30. The summed E-state index contributed by atoms with van der Waals surface area (Å²) in [4.78, 5) is 27.5. The van der Waals surface area contributed by atoms with Crippen LogP contribution in [0.5, 0.6) is 5.06 Å². The second kappa shape index (κ2) is 8.99. The Kier molecular flexibility index (Phi) is 6.63. The normalized spacial score (nSPS) is 21.8. The van der Waals surface area contributed by atoms with Crippen LogP contribution in [0.25, 0.3) is 10.4 Å². The molecule has 6 heteroatoms. The fraction of sp³-hybridized carbons (Fsp3) is 0.478. The van der Waals surface area contributed by atoms with Crippen LogP contribution in [0.4, 0.5) is 10.5 Å². The minimum Gasteiger partial charge on any atom is -0.449 e. The molecule has 0 aliphatic heterocycles. The molecule has 1 fully saturated rings. The van der Waals surface area contributed by atoms with Gasteiger partial charge in [-0.1, -0.05) is 55.5 Å². The highest BCUT2D eigenvalue weighted by Gasteiger charge is 2.36. The van der Waals surface area contributed by atoms with Gasteiger partial charge in [-0.2, -0.15) is 0 Å². The van der Waals surface area contributed by atoms with Crippen molar-refractivity contribution in [1.82, 2.24) is 0 Å². The molecule has 156 valence electrons. The molecule has 3 rings (SSSR count). The van der Waals surface area contributed by atoms with Crippen LogP contribution < -0.4 is 9.64 Å². The third-order valence-corrected chi connectivity index (χ3v) is 6.73. The molecule has 0 radical (unpaired) electrons. The Bertz CT molecular complexity index is 861. The first kappa shape index (κ1) is 21.4. The number of hydrogen-bond donors (Lipinski definition) is 1. The molecule has 1 saturated carbocycles. The van der Waals surface area contributed by atoms with Crippen LogP contribution in [0, 0.1) is 17.8 Å². The minimum atomic E-state index is -1.37. The van der Waals surface area contributed by atoms with E-state index < -0.39 is 6.16 Å². The molecule has 3 unspecified atom stereocenters. The first-order valence-electron chi connectivity index (χ1n) is 10.2. The highest BCUT2D eigenvalue weighted by molar-refractivity contribution is 7.18. The van der Waals surface area contributed by atoms with E-state index >= 15 is 0 Å². The van der Waals surface area contributed by atoms with Crippen LogP contribution >= 0.6 is 11.3 Å². The van der Waals surface area contributed by atoms with Crippen molar-refractivity contribution in [2.45, 2.75) is 53.0 Å². The van der Waals surface area contributed by atoms with Crippen molar-refractivity contribution in [3.05, 3.63) is 36.4 Å². The molecule has 0 spiro atoms. The van der Waals surface area contributed by atoms with Gasteiger partial charge in [-0.05, 0) is 56.6 Å². The molecule has 0 bridgehead atoms. The van der Waals surface area contributed by atoms with E-state index in [1.807, 2.05) is 50.2 Å². The van der Waals surface area contributed by atoms with Gasteiger partial charge in [0.15, 0.2) is 0 Å². The average Bonchev–Trinajstić information content (AvgIpc) is 3.05. The Balaban J connectivity index is 2.00. The molecule has 1 N–H and O–H groups in total. The standard InChI is InChI=1S/C23H29NO4S/c1-14(2)24(21(25)18-11-10-15(3)12-16(18)4)19-13-20(17-8-6-5-7-9-17)29-22(19)28-23(26)27/h5-9,13-16,18H,10-12H2,1-4H3,(H,26,27). The molecule has 1 aromatic carbocycles. The molecule has 0 saturated heterocycles. The minimum absolute atomic E-state index is 0.0497. The third kappa shape index (κ3) is 4.81. The van der Waals surface area contributed by atoms with Crippen molar-refractivity contribution in [3.8, 4) is 15.5 Å². The van der Waals surface area contributed by atoms with Gasteiger partial charge in [-0.15, -0.1) is 0 Å². The molecular formula is C23H29NO4S. The van der Waals surface area contributed by atoms with Crippen molar-refractivity contribution >= 4 is 29.1 Å². The van der Waals surface area contributed by atoms with Crippen molar-refractivity contribution in [2.75, 3.05) is 4.90 Å². The third-order valence-electron chi connectivity index (χ3n) is 5.68. The molecule has 5 nitrogen and oxygen atoms in total. The topological polar surface area (TPSA) is 66.8 Å². The summed E-state index contributed by atoms with van der Waals surface area (Å²) >= 11 is 1.25. The van der Waals surface area contributed by atoms with Crippen LogP contribution in [-0.4, -0.2) is 23.2 Å². The van der Waals surface area contributed by atoms with Crippen molar-refractivity contribution in [3.63, 3.8) is 0 Å². The van der Waals surface area contributed by atoms with Crippen LogP contribution in [0.1, 0.15) is 47.0 Å². The zero-order chi connectivity index (χ0) is 21.1. The van der Waals surface area contributed by atoms with Gasteiger partial charge in [0, 0.05) is 16.8 Å². The highest BCUT2D eigenvalue weighted by Crippen LogP contribution is 2.45. The van der Waals surface area contributed by atoms with Gasteiger partial charge in [0.1, 0.15) is 0 Å². The second-order valence-corrected chi connectivity index (χ2v) is 9.34. The summed E-state index contributed by atoms with van der Waals surface area (Å²) in [6, 6.07) is 11.5. The fourth-order valence-electron chi connectivity index (χ4n) is 4.29. The van der Waals surface area contributed by atoms with E-state index in [0.29, 0.717) is 17.5 Å². The van der Waals surface area contributed by atoms with Gasteiger partial charge in [-0.25, -0.2) is 4.79 Å². The molecule has 1 aliphatic rings. The number of amides is 1. The second-order valence-electron chi connectivity index (χ2n) is 8.32. The molecule has 1 aliphatic carbocycles. The maximum Gasteiger partial charge on any atom is 0.512 e. The summed E-state index contributed by atoms with van der Waals surface area (Å²) in [5, 5.41) is 9.48. The van der Waals surface area contributed by atoms with Gasteiger partial charge in [-0.3, -0.25) is 4.79 Å². The zero-order valence-corrected chi connectivity index (χ0v) is 18.2. The Hall–Kier alpha value is -2.34. The number of benzene rings is 1. The lowest BCUT2D eigenvalue weighted by Crippen LogP contribution is -2.44. The summed E-state index contributed by atoms with van der Waals surface area (Å²) in [6.07, 6.45) is 1.59. The van der Waals surface area contributed by atoms with Crippen molar-refractivity contribution < 1.29 is 19.4 Å². The maximum atomic E-state index is 13.6. The molecule has 1 aromatic heterocycles. The van der Waals surface area contributed by atoms with Gasteiger partial charge >= 0.3 is 6.16 Å². The predicted octanol–water partition coefficient (Wildman–Crippen LogP) is 6.29. The number of carbonyl (C=O) groups is 2. The van der Waals surface area contributed by atoms with Crippen LogP contribution in [0.15, 0.2) is 36.4 Å². The smallest absolute Gasteiger partial charge is 0.449 e. The molecule has 2 aromatic rings. The van der Waals surface area contributed by atoms with Crippen LogP contribution in [0.3, 0.4) is 0 Å². The Morgan fingerprint density at radius 1 is 1.17 bits per heavy atom. The van der Waals surface area contributed by atoms with E-state index in [0.717, 1.165) is 29.7 Å². The number of hydrogen-bond acceptors (Lipinski definition) is 4. The molecule has 1 amide bonds. The van der Waals surface area contributed by atoms with Crippen molar-refractivity contribution in [2.24, 2.45) is 17.8 Å². The van der Waals surface area contributed by atoms with E-state index in [9.17, 15) is 14.7 Å². The number of carbonyl (C=O) groups excluding carboxylic acids is 1. The lowest BCUT2D eigenvalue weighted by atomic mass is 9.75. The largest absolute Gasteiger partial charge is 0.512 e. The Morgan fingerprint density at radius 3 is 2.45 bits per heavy atom. The Labute approximate surface area is 176 Å². The summed E-state index contributed by atoms with van der Waals surface area (Å²) in [7, 11) is 0. The average molecular weight is 416 g/mol. The van der Waals surface area contributed by atoms with Crippen LogP contribution in [0.2, 0.25) is 0 Å². The van der Waals surface area contributed by atoms with Crippen molar-refractivity contribution in [1.29, 1.82) is 0 Å². The molecular weight excluding hydrogens is 386 g/mol. The lowest BCUT2D eigenvalue weighted by Gasteiger charge is -2.36. The van der Waals surface area contributed by atoms with Crippen LogP contribution in [-0.2, 0) is 4.79 Å². The molecule has 1 heterocycles. The van der Waals surface area contributed by atoms with E-state index in [2.05, 4.69) is 13.8 Å². The maximum absolute atomic E-state index is 13.6. The summed E-state index contributed by atoms with van der Waals surface area (Å²) in [5.74, 6) is 0.959. The van der Waals surface area contributed by atoms with Gasteiger partial charge in [0.25, 0.3) is 0 Å². The molecule has 3 atom stereocenters. The Morgan fingerprint density at radius 2 is 1.86 bits per heavy atom. The van der Waals surface area contributed by atoms with E-state index in [1.165, 1.54) is 11.3 Å². The lowest BCUT2D eigenvalue weighted by molar-refractivity contribution is -0.125. The monoisotopic (exact) mass is 415 g/mol. The number of anilines is 1. The number of nitrogens with zero attached hydrogens (tertiary/aromatic N) is 1. The molecule has 29 heavy (non-hydrogen) atoms. The van der Waals surface area contributed by atoms with E-state index in [-0.39, 0.29) is 22.9 Å². The number of thiophene rings is 1. The first-order chi connectivity index (χ1) is 13.8. The van der Waals surface area contributed by atoms with E-state index in [4.69, 9.17) is 4.74 Å². The van der Waals surface area contributed by atoms with E-state index in [1.54, 1.807) is 4.90 Å². The zero-order valence-electron chi connectivity index (χ0n) is 17.4. The number of rotatable bonds is 5. The quantitative estimate of drug-likeness (QED) is 0.583. The number of carboxylic acid groups (broad SMARTS) is 1. The highest BCUT2D eigenvalue weighted by atomic mass is 32.1. The predicted molar refractivity (Wildman–Crippen MR) is 117 cm³/mol. The summed E-state index contributed by atoms with van der Waals surface area (Å²) in [5.41, 5.74) is 1.51. The SMILES string of the molecule is CC1CCC(C(=O)N(c2cc(-c3ccccc3)sc2OC(=O)O)C(C)C)C(C)C1. The summed E-state index contributed by atoms with van der Waals surface area (Å²) < 4.78 is 5.10. The van der Waals surface area contributed by atoms with Gasteiger partial charge in [0.2, 0.25) is 11.0 Å².